The number of allylic oxidation sites excluding steroid dienone is 2. The molecule has 210 valence electrons. The van der Waals surface area contributed by atoms with Crippen LogP contribution < -0.4 is 0 Å². The Balaban J connectivity index is 1.36. The number of aromatic nitrogens is 2. The van der Waals surface area contributed by atoms with Crippen molar-refractivity contribution in [2.24, 2.45) is 51.2 Å². The SMILES string of the molecule is C[C@H]1[C@H](C)CC[C@]2(C(=O)O)CC[C@]3(C)C(=CC[C@@H]4[C@@]5(C)Cc6cc7cnoc7nc6C(C)(C)[C@@H]5CC[C@]43C)[C@H]12. The number of aliphatic carboxylic acids is 1. The molecule has 0 amide bonds. The van der Waals surface area contributed by atoms with E-state index in [0.717, 1.165) is 43.9 Å². The van der Waals surface area contributed by atoms with Gasteiger partial charge in [0.1, 0.15) is 0 Å². The number of hydrogen-bond acceptors (Lipinski definition) is 4. The van der Waals surface area contributed by atoms with Crippen LogP contribution in [0.15, 0.2) is 28.4 Å². The first-order valence-corrected chi connectivity index (χ1v) is 15.5. The third-order valence-electron chi connectivity index (χ3n) is 14.2. The minimum atomic E-state index is -0.580. The Kier molecular flexibility index (Phi) is 5.13. The second kappa shape index (κ2) is 7.76. The van der Waals surface area contributed by atoms with E-state index in [1.165, 1.54) is 29.7 Å². The van der Waals surface area contributed by atoms with Crippen LogP contribution in [0.2, 0.25) is 0 Å². The first kappa shape index (κ1) is 25.8. The average Bonchev–Trinajstić information content (AvgIpc) is 3.33. The predicted molar refractivity (Wildman–Crippen MR) is 152 cm³/mol. The molecule has 0 aromatic carbocycles. The highest BCUT2D eigenvalue weighted by molar-refractivity contribution is 5.77. The molecule has 5 aliphatic rings. The molecule has 0 spiro atoms. The molecule has 5 nitrogen and oxygen atoms in total. The van der Waals surface area contributed by atoms with E-state index in [-0.39, 0.29) is 27.6 Å². The molecule has 2 aromatic rings. The standard InChI is InChI=1S/C34H46N2O3/c1-19-10-13-34(29(37)38)15-14-32(6)23(26(34)20(19)2)8-9-25-31(5)17-21-16-22-18-35-39-28(22)36-27(21)30(3,4)24(31)11-12-33(25,32)7/h8,16,18-20,24-26H,9-15,17H2,1-7H3,(H,37,38)/t19-,20+,24+,25-,26+,31+,32-,33-,34+/m1/s1. The van der Waals surface area contributed by atoms with Crippen molar-refractivity contribution in [1.29, 1.82) is 0 Å². The fraction of sp³-hybridized carbons (Fsp3) is 0.735. The minimum absolute atomic E-state index is 0.0416. The van der Waals surface area contributed by atoms with Crippen molar-refractivity contribution in [1.82, 2.24) is 10.1 Å². The largest absolute Gasteiger partial charge is 0.481 e. The first-order chi connectivity index (χ1) is 18.3. The van der Waals surface area contributed by atoms with Crippen molar-refractivity contribution in [3.63, 3.8) is 0 Å². The molecule has 7 rings (SSSR count). The molecular formula is C34H46N2O3. The molecular weight excluding hydrogens is 484 g/mol. The van der Waals surface area contributed by atoms with Gasteiger partial charge in [-0.1, -0.05) is 65.3 Å². The zero-order valence-electron chi connectivity index (χ0n) is 24.9. The van der Waals surface area contributed by atoms with Crippen molar-refractivity contribution >= 4 is 17.1 Å². The maximum Gasteiger partial charge on any atom is 0.310 e. The highest BCUT2D eigenvalue weighted by Gasteiger charge is 2.69. The number of hydrogen-bond donors (Lipinski definition) is 1. The zero-order valence-corrected chi connectivity index (χ0v) is 24.9. The molecule has 2 heterocycles. The Hall–Kier alpha value is -2.17. The summed E-state index contributed by atoms with van der Waals surface area (Å²) in [7, 11) is 0. The Morgan fingerprint density at radius 3 is 2.54 bits per heavy atom. The van der Waals surface area contributed by atoms with E-state index in [1.807, 2.05) is 0 Å². The molecule has 5 aliphatic carbocycles. The van der Waals surface area contributed by atoms with Crippen LogP contribution in [0.25, 0.3) is 11.1 Å². The molecule has 0 unspecified atom stereocenters. The topological polar surface area (TPSA) is 76.2 Å². The van der Waals surface area contributed by atoms with Gasteiger partial charge < -0.3 is 9.63 Å². The van der Waals surface area contributed by atoms with Gasteiger partial charge >= 0.3 is 5.97 Å². The van der Waals surface area contributed by atoms with Crippen molar-refractivity contribution < 1.29 is 14.4 Å². The molecule has 5 heteroatoms. The van der Waals surface area contributed by atoms with Crippen molar-refractivity contribution in [3.05, 3.63) is 35.2 Å². The molecule has 3 fully saturated rings. The molecule has 2 aromatic heterocycles. The van der Waals surface area contributed by atoms with E-state index >= 15 is 0 Å². The normalized spacial score (nSPS) is 46.2. The van der Waals surface area contributed by atoms with Crippen LogP contribution in [0.3, 0.4) is 0 Å². The monoisotopic (exact) mass is 530 g/mol. The second-order valence-corrected chi connectivity index (χ2v) is 15.7. The maximum absolute atomic E-state index is 13.0. The lowest BCUT2D eigenvalue weighted by Crippen LogP contribution is -2.65. The van der Waals surface area contributed by atoms with Crippen LogP contribution >= 0.6 is 0 Å². The van der Waals surface area contributed by atoms with Crippen molar-refractivity contribution in [3.8, 4) is 0 Å². The first-order valence-electron chi connectivity index (χ1n) is 15.5. The third-order valence-corrected chi connectivity index (χ3v) is 14.2. The van der Waals surface area contributed by atoms with Gasteiger partial charge in [0, 0.05) is 5.41 Å². The average molecular weight is 531 g/mol. The van der Waals surface area contributed by atoms with Crippen LogP contribution in [0.4, 0.5) is 0 Å². The van der Waals surface area contributed by atoms with E-state index in [9.17, 15) is 9.90 Å². The van der Waals surface area contributed by atoms with E-state index < -0.39 is 11.4 Å². The molecule has 1 N–H and O–H groups in total. The highest BCUT2D eigenvalue weighted by atomic mass is 16.5. The quantitative estimate of drug-likeness (QED) is 0.378. The lowest BCUT2D eigenvalue weighted by atomic mass is 9.33. The Bertz CT molecular complexity index is 1410. The smallest absolute Gasteiger partial charge is 0.310 e. The number of pyridine rings is 1. The van der Waals surface area contributed by atoms with Gasteiger partial charge in [-0.3, -0.25) is 4.79 Å². The second-order valence-electron chi connectivity index (χ2n) is 15.7. The van der Waals surface area contributed by atoms with Crippen molar-refractivity contribution in [2.45, 2.75) is 105 Å². The van der Waals surface area contributed by atoms with Crippen LogP contribution in [0.5, 0.6) is 0 Å². The lowest BCUT2D eigenvalue weighted by molar-refractivity contribution is -0.179. The fourth-order valence-electron chi connectivity index (χ4n) is 11.8. The van der Waals surface area contributed by atoms with Gasteiger partial charge in [-0.25, -0.2) is 4.98 Å². The third kappa shape index (κ3) is 2.95. The molecule has 0 saturated heterocycles. The van der Waals surface area contributed by atoms with Gasteiger partial charge in [-0.2, -0.15) is 0 Å². The summed E-state index contributed by atoms with van der Waals surface area (Å²) in [6.07, 6.45) is 12.6. The summed E-state index contributed by atoms with van der Waals surface area (Å²) < 4.78 is 5.49. The summed E-state index contributed by atoms with van der Waals surface area (Å²) in [5.74, 6) is 1.69. The van der Waals surface area contributed by atoms with E-state index in [4.69, 9.17) is 9.51 Å². The molecule has 0 radical (unpaired) electrons. The fourth-order valence-corrected chi connectivity index (χ4v) is 11.8. The summed E-state index contributed by atoms with van der Waals surface area (Å²) >= 11 is 0. The highest BCUT2D eigenvalue weighted by Crippen LogP contribution is 2.75. The number of carboxylic acid groups (broad SMARTS) is 1. The lowest BCUT2D eigenvalue weighted by Gasteiger charge is -2.70. The van der Waals surface area contributed by atoms with Gasteiger partial charge in [0.25, 0.3) is 5.71 Å². The molecule has 9 atom stereocenters. The van der Waals surface area contributed by atoms with Gasteiger partial charge in [0.15, 0.2) is 0 Å². The Morgan fingerprint density at radius 1 is 1.03 bits per heavy atom. The van der Waals surface area contributed by atoms with Crippen LogP contribution in [0.1, 0.15) is 105 Å². The summed E-state index contributed by atoms with van der Waals surface area (Å²) in [5, 5.41) is 15.7. The van der Waals surface area contributed by atoms with Crippen LogP contribution in [-0.4, -0.2) is 21.2 Å². The van der Waals surface area contributed by atoms with E-state index in [1.54, 1.807) is 6.20 Å². The van der Waals surface area contributed by atoms with Gasteiger partial charge in [0.2, 0.25) is 0 Å². The maximum atomic E-state index is 13.0. The van der Waals surface area contributed by atoms with Gasteiger partial charge in [-0.05, 0) is 109 Å². The number of carbonyl (C=O) groups is 1. The Labute approximate surface area is 233 Å². The molecule has 0 aliphatic heterocycles. The van der Waals surface area contributed by atoms with Crippen molar-refractivity contribution in [2.75, 3.05) is 0 Å². The molecule has 3 saturated carbocycles. The predicted octanol–water partition coefficient (Wildman–Crippen LogP) is 7.98. The van der Waals surface area contributed by atoms with Crippen LogP contribution in [-0.2, 0) is 16.6 Å². The minimum Gasteiger partial charge on any atom is -0.481 e. The molecule has 0 bridgehead atoms. The zero-order chi connectivity index (χ0) is 27.8. The summed E-state index contributed by atoms with van der Waals surface area (Å²) in [5.41, 5.74) is 4.44. The number of nitrogens with zero attached hydrogens (tertiary/aromatic N) is 2. The van der Waals surface area contributed by atoms with E-state index in [2.05, 4.69) is 65.8 Å². The van der Waals surface area contributed by atoms with Gasteiger partial charge in [-0.15, -0.1) is 0 Å². The number of rotatable bonds is 1. The van der Waals surface area contributed by atoms with Gasteiger partial charge in [0.05, 0.1) is 22.7 Å². The Morgan fingerprint density at radius 2 is 1.79 bits per heavy atom. The number of fused-ring (bicyclic) bond motifs is 9. The molecule has 39 heavy (non-hydrogen) atoms. The van der Waals surface area contributed by atoms with E-state index in [0.29, 0.717) is 29.4 Å². The summed E-state index contributed by atoms with van der Waals surface area (Å²) in [4.78, 5) is 18.0. The number of carboxylic acids is 1. The summed E-state index contributed by atoms with van der Waals surface area (Å²) in [6.45, 7) is 17.2. The summed E-state index contributed by atoms with van der Waals surface area (Å²) in [6, 6.07) is 2.29. The van der Waals surface area contributed by atoms with Crippen LogP contribution in [0, 0.1) is 51.2 Å².